The lowest BCUT2D eigenvalue weighted by Gasteiger charge is -2.34. The van der Waals surface area contributed by atoms with Crippen LogP contribution >= 0.6 is 0 Å². The van der Waals surface area contributed by atoms with Gasteiger partial charge in [0, 0.05) is 49.9 Å². The van der Waals surface area contributed by atoms with Gasteiger partial charge in [0.1, 0.15) is 18.7 Å². The predicted molar refractivity (Wildman–Crippen MR) is 140 cm³/mol. The number of carbonyl (C=O) groups excluding carboxylic acids is 3. The van der Waals surface area contributed by atoms with E-state index in [9.17, 15) is 14.4 Å². The van der Waals surface area contributed by atoms with Crippen molar-refractivity contribution in [2.24, 2.45) is 17.3 Å². The minimum absolute atomic E-state index is 0.0473. The molecule has 0 spiro atoms. The SMILES string of the molecule is CC[C@H](C)[C@H](NC(=O)c1ccc(N2CCN(C)CC2)cc1)C(=O)N1C[C@H](C(C)(C)C)[C@H]2OCC(=O)[C@H]21. The van der Waals surface area contributed by atoms with Crippen molar-refractivity contribution >= 4 is 23.3 Å². The number of anilines is 1. The number of ether oxygens (including phenoxy) is 1. The minimum atomic E-state index is -0.701. The van der Waals surface area contributed by atoms with E-state index in [0.717, 1.165) is 38.3 Å². The minimum Gasteiger partial charge on any atom is -0.369 e. The summed E-state index contributed by atoms with van der Waals surface area (Å²) in [5.41, 5.74) is 1.52. The Bertz CT molecular complexity index is 965. The van der Waals surface area contributed by atoms with E-state index in [4.69, 9.17) is 4.74 Å². The number of hydrogen-bond acceptors (Lipinski definition) is 6. The molecule has 3 aliphatic rings. The summed E-state index contributed by atoms with van der Waals surface area (Å²) in [6.45, 7) is 14.8. The summed E-state index contributed by atoms with van der Waals surface area (Å²) >= 11 is 0. The quantitative estimate of drug-likeness (QED) is 0.649. The van der Waals surface area contributed by atoms with E-state index in [-0.39, 0.29) is 47.6 Å². The average Bonchev–Trinajstić information content (AvgIpc) is 3.42. The van der Waals surface area contributed by atoms with Gasteiger partial charge in [0.05, 0.1) is 6.10 Å². The van der Waals surface area contributed by atoms with Crippen LogP contribution in [0.1, 0.15) is 51.4 Å². The average molecular weight is 499 g/mol. The number of Topliss-reactive ketones (excluding diaryl/α,β-unsaturated/α-hetero) is 1. The molecule has 1 aromatic rings. The van der Waals surface area contributed by atoms with Gasteiger partial charge >= 0.3 is 0 Å². The zero-order valence-electron chi connectivity index (χ0n) is 22.6. The molecule has 1 N–H and O–H groups in total. The standard InChI is InChI=1S/C28H42N4O4/c1-7-18(2)23(27(35)32-16-21(28(3,4)5)25-24(32)22(33)17-36-25)29-26(34)19-8-10-20(11-9-19)31-14-12-30(6)13-15-31/h8-11,18,21,23-25H,7,12-17H2,1-6H3,(H,29,34)/t18-,21-,23-,24+,25+/m0/s1. The number of ketones is 1. The number of nitrogens with one attached hydrogen (secondary N) is 1. The third-order valence-corrected chi connectivity index (χ3v) is 8.34. The highest BCUT2D eigenvalue weighted by atomic mass is 16.5. The van der Waals surface area contributed by atoms with E-state index < -0.39 is 12.1 Å². The summed E-state index contributed by atoms with van der Waals surface area (Å²) in [5, 5.41) is 3.01. The largest absolute Gasteiger partial charge is 0.369 e. The maximum absolute atomic E-state index is 13.9. The summed E-state index contributed by atoms with van der Waals surface area (Å²) in [6.07, 6.45) is 0.450. The van der Waals surface area contributed by atoms with E-state index in [1.807, 2.05) is 38.1 Å². The van der Waals surface area contributed by atoms with Gasteiger partial charge < -0.3 is 24.8 Å². The molecule has 1 aromatic carbocycles. The fourth-order valence-corrected chi connectivity index (χ4v) is 5.62. The number of hydrogen-bond donors (Lipinski definition) is 1. The third-order valence-electron chi connectivity index (χ3n) is 8.34. The van der Waals surface area contributed by atoms with E-state index >= 15 is 0 Å². The second kappa shape index (κ2) is 10.5. The molecule has 3 fully saturated rings. The number of likely N-dealkylation sites (tertiary alicyclic amines) is 1. The lowest BCUT2D eigenvalue weighted by Crippen LogP contribution is -2.54. The summed E-state index contributed by atoms with van der Waals surface area (Å²) in [5.74, 6) is -0.513. The molecule has 8 nitrogen and oxygen atoms in total. The van der Waals surface area contributed by atoms with Crippen LogP contribution in [0.15, 0.2) is 24.3 Å². The number of benzene rings is 1. The topological polar surface area (TPSA) is 82.2 Å². The predicted octanol–water partition coefficient (Wildman–Crippen LogP) is 2.42. The first-order valence-electron chi connectivity index (χ1n) is 13.3. The van der Waals surface area contributed by atoms with Crippen LogP contribution in [0.5, 0.6) is 0 Å². The van der Waals surface area contributed by atoms with Gasteiger partial charge in [0.25, 0.3) is 5.91 Å². The fourth-order valence-electron chi connectivity index (χ4n) is 5.62. The van der Waals surface area contributed by atoms with Crippen molar-refractivity contribution in [3.05, 3.63) is 29.8 Å². The molecular formula is C28H42N4O4. The number of carbonyl (C=O) groups is 3. The van der Waals surface area contributed by atoms with Gasteiger partial charge in [0.2, 0.25) is 5.91 Å². The van der Waals surface area contributed by atoms with Crippen molar-refractivity contribution in [3.8, 4) is 0 Å². The highest BCUT2D eigenvalue weighted by molar-refractivity contribution is 5.99. The maximum atomic E-state index is 13.9. The number of piperazine rings is 1. The van der Waals surface area contributed by atoms with Gasteiger partial charge in [-0.15, -0.1) is 0 Å². The van der Waals surface area contributed by atoms with Crippen LogP contribution in [0, 0.1) is 17.3 Å². The van der Waals surface area contributed by atoms with E-state index in [1.54, 1.807) is 4.90 Å². The highest BCUT2D eigenvalue weighted by Crippen LogP contribution is 2.42. The Morgan fingerprint density at radius 1 is 1.11 bits per heavy atom. The molecule has 3 saturated heterocycles. The van der Waals surface area contributed by atoms with Gasteiger partial charge in [-0.1, -0.05) is 41.0 Å². The van der Waals surface area contributed by atoms with Gasteiger partial charge in [-0.25, -0.2) is 0 Å². The summed E-state index contributed by atoms with van der Waals surface area (Å²) in [4.78, 5) is 46.1. The van der Waals surface area contributed by atoms with Crippen LogP contribution in [-0.4, -0.2) is 92.0 Å². The van der Waals surface area contributed by atoms with Crippen molar-refractivity contribution < 1.29 is 19.1 Å². The molecule has 5 atom stereocenters. The fraction of sp³-hybridized carbons (Fsp3) is 0.679. The molecule has 0 unspecified atom stereocenters. The van der Waals surface area contributed by atoms with Crippen LogP contribution in [-0.2, 0) is 14.3 Å². The zero-order chi connectivity index (χ0) is 26.2. The molecule has 36 heavy (non-hydrogen) atoms. The van der Waals surface area contributed by atoms with Gasteiger partial charge in [-0.2, -0.15) is 0 Å². The molecule has 0 saturated carbocycles. The molecule has 0 bridgehead atoms. The Kier molecular flexibility index (Phi) is 7.76. The molecule has 3 aliphatic heterocycles. The second-order valence-electron chi connectivity index (χ2n) is 11.8. The molecule has 4 rings (SSSR count). The Labute approximate surface area is 215 Å². The molecule has 8 heteroatoms. The molecule has 0 aromatic heterocycles. The number of rotatable bonds is 6. The monoisotopic (exact) mass is 498 g/mol. The molecule has 3 heterocycles. The summed E-state index contributed by atoms with van der Waals surface area (Å²) in [7, 11) is 2.13. The molecule has 2 amide bonds. The van der Waals surface area contributed by atoms with Crippen LogP contribution in [0.2, 0.25) is 0 Å². The first kappa shape index (κ1) is 26.6. The van der Waals surface area contributed by atoms with Crippen LogP contribution in [0.3, 0.4) is 0 Å². The normalized spacial score (nSPS) is 26.6. The Morgan fingerprint density at radius 3 is 2.33 bits per heavy atom. The van der Waals surface area contributed by atoms with Gasteiger partial charge in [-0.05, 0) is 42.6 Å². The number of likely N-dealkylation sites (N-methyl/N-ethyl adjacent to an activating group) is 1. The third kappa shape index (κ3) is 5.30. The smallest absolute Gasteiger partial charge is 0.251 e. The van der Waals surface area contributed by atoms with E-state index in [1.165, 1.54) is 0 Å². The van der Waals surface area contributed by atoms with Crippen molar-refractivity contribution in [1.29, 1.82) is 0 Å². The van der Waals surface area contributed by atoms with Crippen molar-refractivity contribution in [1.82, 2.24) is 15.1 Å². The summed E-state index contributed by atoms with van der Waals surface area (Å²) in [6, 6.07) is 6.36. The van der Waals surface area contributed by atoms with E-state index in [2.05, 4.69) is 42.9 Å². The number of amides is 2. The first-order valence-corrected chi connectivity index (χ1v) is 13.3. The molecular weight excluding hydrogens is 456 g/mol. The molecule has 198 valence electrons. The Hall–Kier alpha value is -2.45. The lowest BCUT2D eigenvalue weighted by atomic mass is 9.78. The Morgan fingerprint density at radius 2 is 1.75 bits per heavy atom. The number of nitrogens with zero attached hydrogens (tertiary/aromatic N) is 3. The maximum Gasteiger partial charge on any atom is 0.251 e. The highest BCUT2D eigenvalue weighted by Gasteiger charge is 2.56. The first-order chi connectivity index (χ1) is 17.0. The number of fused-ring (bicyclic) bond motifs is 1. The van der Waals surface area contributed by atoms with Crippen molar-refractivity contribution in [2.45, 2.75) is 59.2 Å². The van der Waals surface area contributed by atoms with Gasteiger partial charge in [-0.3, -0.25) is 14.4 Å². The van der Waals surface area contributed by atoms with E-state index in [0.29, 0.717) is 12.1 Å². The Balaban J connectivity index is 1.49. The van der Waals surface area contributed by atoms with Crippen molar-refractivity contribution in [3.63, 3.8) is 0 Å². The van der Waals surface area contributed by atoms with Crippen LogP contribution in [0.4, 0.5) is 5.69 Å². The lowest BCUT2D eigenvalue weighted by molar-refractivity contribution is -0.139. The van der Waals surface area contributed by atoms with Gasteiger partial charge in [0.15, 0.2) is 5.78 Å². The summed E-state index contributed by atoms with van der Waals surface area (Å²) < 4.78 is 5.86. The van der Waals surface area contributed by atoms with Crippen molar-refractivity contribution in [2.75, 3.05) is 51.3 Å². The molecule has 0 radical (unpaired) electrons. The second-order valence-corrected chi connectivity index (χ2v) is 11.8. The molecule has 0 aliphatic carbocycles. The zero-order valence-corrected chi connectivity index (χ0v) is 22.6. The van der Waals surface area contributed by atoms with Crippen LogP contribution in [0.25, 0.3) is 0 Å². The van der Waals surface area contributed by atoms with Crippen LogP contribution < -0.4 is 10.2 Å².